The Morgan fingerprint density at radius 1 is 1.23 bits per heavy atom. The van der Waals surface area contributed by atoms with Gasteiger partial charge in [0, 0.05) is 32.8 Å². The van der Waals surface area contributed by atoms with Crippen molar-refractivity contribution in [3.63, 3.8) is 0 Å². The van der Waals surface area contributed by atoms with Crippen LogP contribution in [0, 0.1) is 5.92 Å². The molecule has 2 fully saturated rings. The molecule has 1 heterocycles. The molecule has 0 aromatic carbocycles. The van der Waals surface area contributed by atoms with Gasteiger partial charge in [-0.3, -0.25) is 4.90 Å². The number of carboxylic acid groups (broad SMARTS) is 1. The summed E-state index contributed by atoms with van der Waals surface area (Å²) in [6.45, 7) is 5.30. The molecule has 2 rings (SSSR count). The Labute approximate surface area is 134 Å². The Morgan fingerprint density at radius 3 is 2.41 bits per heavy atom. The van der Waals surface area contributed by atoms with Gasteiger partial charge in [-0.2, -0.15) is 0 Å². The highest BCUT2D eigenvalue weighted by atomic mass is 16.5. The highest BCUT2D eigenvalue weighted by Gasteiger charge is 2.34. The van der Waals surface area contributed by atoms with E-state index in [4.69, 9.17) is 9.84 Å². The minimum absolute atomic E-state index is 0.182. The third kappa shape index (κ3) is 4.59. The van der Waals surface area contributed by atoms with Crippen molar-refractivity contribution >= 4 is 6.09 Å². The van der Waals surface area contributed by atoms with Crippen LogP contribution in [0.4, 0.5) is 4.79 Å². The number of ether oxygens (including phenoxy) is 1. The lowest BCUT2D eigenvalue weighted by atomic mass is 9.83. The highest BCUT2D eigenvalue weighted by molar-refractivity contribution is 5.64. The largest absolute Gasteiger partial charge is 0.465 e. The minimum atomic E-state index is -0.807. The molecule has 1 saturated heterocycles. The van der Waals surface area contributed by atoms with Crippen molar-refractivity contribution in [2.24, 2.45) is 5.92 Å². The molecule has 2 aliphatic rings. The van der Waals surface area contributed by atoms with Gasteiger partial charge in [0.05, 0.1) is 0 Å². The van der Waals surface area contributed by atoms with Gasteiger partial charge >= 0.3 is 6.09 Å². The summed E-state index contributed by atoms with van der Waals surface area (Å²) in [4.78, 5) is 15.1. The Balaban J connectivity index is 1.90. The molecule has 1 N–H and O–H groups in total. The molecule has 5 nitrogen and oxygen atoms in total. The van der Waals surface area contributed by atoms with Gasteiger partial charge < -0.3 is 14.7 Å². The molecule has 1 saturated carbocycles. The molecule has 0 aromatic heterocycles. The molecule has 0 aromatic rings. The number of nitrogens with zero attached hydrogens (tertiary/aromatic N) is 2. The van der Waals surface area contributed by atoms with Crippen molar-refractivity contribution in [1.29, 1.82) is 0 Å². The van der Waals surface area contributed by atoms with Crippen molar-refractivity contribution in [2.75, 3.05) is 26.7 Å². The lowest BCUT2D eigenvalue weighted by Gasteiger charge is -2.42. The summed E-state index contributed by atoms with van der Waals surface area (Å²) >= 11 is 0. The van der Waals surface area contributed by atoms with Gasteiger partial charge in [0.15, 0.2) is 0 Å². The molecule has 0 radical (unpaired) electrons. The Hall–Kier alpha value is -0.810. The molecular weight excluding hydrogens is 280 g/mol. The zero-order chi connectivity index (χ0) is 15.9. The Bertz CT molecular complexity index is 337. The number of piperidine rings is 1. The summed E-state index contributed by atoms with van der Waals surface area (Å²) in [5.74, 6) is 0.558. The number of hydrogen-bond acceptors (Lipinski definition) is 3. The number of rotatable bonds is 6. The normalized spacial score (nSPS) is 28.3. The topological polar surface area (TPSA) is 53.0 Å². The van der Waals surface area contributed by atoms with Crippen LogP contribution in [-0.2, 0) is 4.74 Å². The summed E-state index contributed by atoms with van der Waals surface area (Å²) in [5, 5.41) is 9.12. The molecule has 1 atom stereocenters. The Morgan fingerprint density at radius 2 is 1.86 bits per heavy atom. The van der Waals surface area contributed by atoms with Crippen LogP contribution in [0.25, 0.3) is 0 Å². The third-order valence-electron chi connectivity index (χ3n) is 5.24. The first-order valence-corrected chi connectivity index (χ1v) is 8.95. The number of likely N-dealkylation sites (tertiary alicyclic amines) is 1. The van der Waals surface area contributed by atoms with Gasteiger partial charge in [-0.15, -0.1) is 0 Å². The average molecular weight is 312 g/mol. The van der Waals surface area contributed by atoms with Crippen molar-refractivity contribution in [1.82, 2.24) is 9.80 Å². The van der Waals surface area contributed by atoms with E-state index in [1.807, 2.05) is 0 Å². The van der Waals surface area contributed by atoms with Crippen LogP contribution in [0.1, 0.15) is 58.3 Å². The minimum Gasteiger partial charge on any atom is -0.465 e. The smallest absolute Gasteiger partial charge is 0.407 e. The van der Waals surface area contributed by atoms with E-state index in [1.54, 1.807) is 7.05 Å². The molecule has 1 unspecified atom stereocenters. The summed E-state index contributed by atoms with van der Waals surface area (Å²) < 4.78 is 6.21. The average Bonchev–Trinajstić information content (AvgIpc) is 2.56. The fourth-order valence-electron chi connectivity index (χ4n) is 3.88. The van der Waals surface area contributed by atoms with Crippen LogP contribution in [0.3, 0.4) is 0 Å². The standard InChI is InChI=1S/C17H32N2O3/c1-3-13-22-16(19-11-5-4-6-12-19)14-7-9-15(10-8-14)18(2)17(20)21/h14-16H,3-13H2,1-2H3,(H,20,21). The van der Waals surface area contributed by atoms with Gasteiger partial charge in [-0.05, 0) is 50.9 Å². The predicted molar refractivity (Wildman–Crippen MR) is 87.0 cm³/mol. The number of carbonyl (C=O) groups is 1. The fourth-order valence-corrected chi connectivity index (χ4v) is 3.88. The Kier molecular flexibility index (Phi) is 6.96. The first-order valence-electron chi connectivity index (χ1n) is 8.95. The first kappa shape index (κ1) is 17.5. The second-order valence-corrected chi connectivity index (χ2v) is 6.82. The number of hydrogen-bond donors (Lipinski definition) is 1. The maximum absolute atomic E-state index is 11.1. The van der Waals surface area contributed by atoms with Crippen LogP contribution in [-0.4, -0.2) is 60.0 Å². The monoisotopic (exact) mass is 312 g/mol. The SMILES string of the molecule is CCCOC(C1CCC(N(C)C(=O)O)CC1)N1CCCCC1. The second kappa shape index (κ2) is 8.73. The summed E-state index contributed by atoms with van der Waals surface area (Å²) in [6, 6.07) is 0.182. The summed E-state index contributed by atoms with van der Waals surface area (Å²) in [5.41, 5.74) is 0. The van der Waals surface area contributed by atoms with Crippen LogP contribution in [0.15, 0.2) is 0 Å². The van der Waals surface area contributed by atoms with Crippen LogP contribution < -0.4 is 0 Å². The molecule has 1 amide bonds. The fraction of sp³-hybridized carbons (Fsp3) is 0.941. The van der Waals surface area contributed by atoms with Crippen molar-refractivity contribution in [3.8, 4) is 0 Å². The highest BCUT2D eigenvalue weighted by Crippen LogP contribution is 2.33. The molecule has 0 bridgehead atoms. The van der Waals surface area contributed by atoms with Gasteiger partial charge in [0.2, 0.25) is 0 Å². The van der Waals surface area contributed by atoms with Gasteiger partial charge in [0.25, 0.3) is 0 Å². The van der Waals surface area contributed by atoms with E-state index in [2.05, 4.69) is 11.8 Å². The molecule has 128 valence electrons. The van der Waals surface area contributed by atoms with Crippen molar-refractivity contribution < 1.29 is 14.6 Å². The predicted octanol–water partition coefficient (Wildman–Crippen LogP) is 3.39. The molecule has 22 heavy (non-hydrogen) atoms. The summed E-state index contributed by atoms with van der Waals surface area (Å²) in [7, 11) is 1.70. The quantitative estimate of drug-likeness (QED) is 0.817. The van der Waals surface area contributed by atoms with E-state index in [-0.39, 0.29) is 12.3 Å². The van der Waals surface area contributed by atoms with E-state index < -0.39 is 6.09 Å². The zero-order valence-electron chi connectivity index (χ0n) is 14.2. The van der Waals surface area contributed by atoms with Crippen LogP contribution in [0.5, 0.6) is 0 Å². The molecule has 5 heteroatoms. The summed E-state index contributed by atoms with van der Waals surface area (Å²) in [6.07, 6.45) is 8.48. The van der Waals surface area contributed by atoms with Crippen molar-refractivity contribution in [2.45, 2.75) is 70.6 Å². The van der Waals surface area contributed by atoms with Crippen molar-refractivity contribution in [3.05, 3.63) is 0 Å². The van der Waals surface area contributed by atoms with E-state index >= 15 is 0 Å². The van der Waals surface area contributed by atoms with Crippen LogP contribution in [0.2, 0.25) is 0 Å². The third-order valence-corrected chi connectivity index (χ3v) is 5.24. The van der Waals surface area contributed by atoms with Gasteiger partial charge in [-0.25, -0.2) is 4.79 Å². The van der Waals surface area contributed by atoms with Gasteiger partial charge in [0.1, 0.15) is 6.23 Å². The zero-order valence-corrected chi connectivity index (χ0v) is 14.2. The maximum Gasteiger partial charge on any atom is 0.407 e. The van der Waals surface area contributed by atoms with Gasteiger partial charge in [-0.1, -0.05) is 13.3 Å². The van der Waals surface area contributed by atoms with E-state index in [9.17, 15) is 4.79 Å². The van der Waals surface area contributed by atoms with E-state index in [0.29, 0.717) is 5.92 Å². The molecule has 0 spiro atoms. The van der Waals surface area contributed by atoms with E-state index in [1.165, 1.54) is 24.2 Å². The molecular formula is C17H32N2O3. The maximum atomic E-state index is 11.1. The number of amides is 1. The lowest BCUT2D eigenvalue weighted by Crippen LogP contribution is -2.48. The molecule has 1 aliphatic heterocycles. The van der Waals surface area contributed by atoms with E-state index in [0.717, 1.165) is 51.8 Å². The first-order chi connectivity index (χ1) is 10.6. The second-order valence-electron chi connectivity index (χ2n) is 6.82. The lowest BCUT2D eigenvalue weighted by molar-refractivity contribution is -0.110. The van der Waals surface area contributed by atoms with Crippen LogP contribution >= 0.6 is 0 Å². The molecule has 1 aliphatic carbocycles.